The number of hydrogen-bond donors (Lipinski definition) is 1. The molecule has 1 amide bonds. The predicted octanol–water partition coefficient (Wildman–Crippen LogP) is 5.76. The Balaban J connectivity index is 2.13. The summed E-state index contributed by atoms with van der Waals surface area (Å²) in [5, 5.41) is 11.6. The van der Waals surface area contributed by atoms with E-state index < -0.39 is 11.7 Å². The van der Waals surface area contributed by atoms with Crippen molar-refractivity contribution in [1.82, 2.24) is 19.6 Å². The number of nitrogens with one attached hydrogen (secondary N) is 1. The minimum Gasteiger partial charge on any atom is -0.442 e. The van der Waals surface area contributed by atoms with Crippen molar-refractivity contribution in [3.05, 3.63) is 59.6 Å². The minimum atomic E-state index is -0.681. The molecule has 0 unspecified atom stereocenters. The average Bonchev–Trinajstić information content (AvgIpc) is 3.35. The molecule has 0 aliphatic carbocycles. The Morgan fingerprint density at radius 1 is 1.29 bits per heavy atom. The fourth-order valence-electron chi connectivity index (χ4n) is 3.66. The zero-order valence-corrected chi connectivity index (χ0v) is 21.6. The van der Waals surface area contributed by atoms with E-state index in [4.69, 9.17) is 16.3 Å². The first kappa shape index (κ1) is 26.0. The summed E-state index contributed by atoms with van der Waals surface area (Å²) in [6.07, 6.45) is 6.49. The van der Waals surface area contributed by atoms with Crippen LogP contribution in [0.2, 0.25) is 0 Å². The molecular formula is C26H30ClN5O3. The van der Waals surface area contributed by atoms with Crippen LogP contribution in [0.15, 0.2) is 37.2 Å². The summed E-state index contributed by atoms with van der Waals surface area (Å²) in [7, 11) is 1.82. The van der Waals surface area contributed by atoms with Gasteiger partial charge in [0.05, 0.1) is 11.9 Å². The van der Waals surface area contributed by atoms with Crippen LogP contribution in [0.4, 0.5) is 10.5 Å². The van der Waals surface area contributed by atoms with Gasteiger partial charge in [-0.3, -0.25) is 9.48 Å². The topological polar surface area (TPSA) is 91.0 Å². The number of hydrogen-bond acceptors (Lipinski definition) is 5. The summed E-state index contributed by atoms with van der Waals surface area (Å²) in [6.45, 7) is 13.3. The number of aryl methyl sites for hydroxylation is 2. The van der Waals surface area contributed by atoms with Crippen LogP contribution in [-0.4, -0.2) is 43.0 Å². The Hall–Kier alpha value is -3.65. The summed E-state index contributed by atoms with van der Waals surface area (Å²) >= 11 is 5.59. The van der Waals surface area contributed by atoms with Gasteiger partial charge in [0, 0.05) is 30.1 Å². The Bertz CT molecular complexity index is 1310. The van der Waals surface area contributed by atoms with Crippen molar-refractivity contribution in [2.45, 2.75) is 40.2 Å². The van der Waals surface area contributed by atoms with E-state index >= 15 is 0 Å². The molecule has 3 rings (SSSR count). The van der Waals surface area contributed by atoms with Gasteiger partial charge in [0.25, 0.3) is 0 Å². The third-order valence-corrected chi connectivity index (χ3v) is 5.36. The van der Waals surface area contributed by atoms with Crippen LogP contribution < -0.4 is 5.32 Å². The Morgan fingerprint density at radius 3 is 2.54 bits per heavy atom. The predicted molar refractivity (Wildman–Crippen MR) is 140 cm³/mol. The molecule has 0 bridgehead atoms. The van der Waals surface area contributed by atoms with Gasteiger partial charge < -0.3 is 10.1 Å². The summed E-state index contributed by atoms with van der Waals surface area (Å²) < 4.78 is 8.47. The van der Waals surface area contributed by atoms with Gasteiger partial charge in [0.15, 0.2) is 0 Å². The van der Waals surface area contributed by atoms with Crippen LogP contribution in [0.5, 0.6) is 0 Å². The molecular weight excluding hydrogens is 466 g/mol. The van der Waals surface area contributed by atoms with Crippen molar-refractivity contribution in [2.24, 2.45) is 7.05 Å². The number of benzene rings is 1. The fraction of sp³-hybridized carbons (Fsp3) is 0.308. The van der Waals surface area contributed by atoms with Gasteiger partial charge in [-0.2, -0.15) is 14.9 Å². The first-order chi connectivity index (χ1) is 16.4. The maximum Gasteiger partial charge on any atom is 0.435 e. The third kappa shape index (κ3) is 6.08. The molecule has 0 fully saturated rings. The lowest BCUT2D eigenvalue weighted by Gasteiger charge is -2.19. The highest BCUT2D eigenvalue weighted by Crippen LogP contribution is 2.32. The van der Waals surface area contributed by atoms with Gasteiger partial charge in [-0.25, -0.2) is 4.79 Å². The molecule has 8 nitrogen and oxygen atoms in total. The molecule has 0 aliphatic rings. The number of allylic oxidation sites excluding steroid dienone is 1. The maximum absolute atomic E-state index is 12.9. The van der Waals surface area contributed by atoms with E-state index in [-0.39, 0.29) is 11.8 Å². The summed E-state index contributed by atoms with van der Waals surface area (Å²) in [6, 6.07) is 5.64. The molecule has 1 aromatic carbocycles. The SMILES string of the molecule is C=Cc1c(/C=C(\C)c2ccc(NC(=O)CCl)cc2C)c(-c2cnn(C)c2)nn1C(=O)OC(C)(C)C. The summed E-state index contributed by atoms with van der Waals surface area (Å²) in [5.74, 6) is -0.375. The normalized spacial score (nSPS) is 11.9. The van der Waals surface area contributed by atoms with Crippen LogP contribution in [0.3, 0.4) is 0 Å². The number of aromatic nitrogens is 4. The molecule has 3 aromatic rings. The molecule has 0 saturated carbocycles. The van der Waals surface area contributed by atoms with Gasteiger partial charge in [-0.15, -0.1) is 11.6 Å². The smallest absolute Gasteiger partial charge is 0.435 e. The highest BCUT2D eigenvalue weighted by Gasteiger charge is 2.25. The lowest BCUT2D eigenvalue weighted by molar-refractivity contribution is -0.113. The van der Waals surface area contributed by atoms with E-state index in [1.54, 1.807) is 37.7 Å². The molecule has 0 atom stereocenters. The molecule has 9 heteroatoms. The monoisotopic (exact) mass is 495 g/mol. The van der Waals surface area contributed by atoms with Gasteiger partial charge in [0.2, 0.25) is 5.91 Å². The number of carbonyl (C=O) groups is 2. The highest BCUT2D eigenvalue weighted by molar-refractivity contribution is 6.29. The number of rotatable bonds is 6. The van der Waals surface area contributed by atoms with E-state index in [9.17, 15) is 9.59 Å². The standard InChI is InChI=1S/C26H30ClN5O3/c1-8-22-21(12-17(3)20-10-9-19(11-16(20)2)29-23(33)13-27)24(18-14-28-31(7)15-18)30-32(22)25(34)35-26(4,5)6/h8-12,14-15H,1,13H2,2-7H3,(H,29,33)/b17-12+. The number of nitrogens with zero attached hydrogens (tertiary/aromatic N) is 4. The average molecular weight is 496 g/mol. The van der Waals surface area contributed by atoms with Crippen molar-refractivity contribution in [2.75, 3.05) is 11.2 Å². The van der Waals surface area contributed by atoms with Crippen LogP contribution in [0, 0.1) is 6.92 Å². The zero-order chi connectivity index (χ0) is 25.9. The largest absolute Gasteiger partial charge is 0.442 e. The highest BCUT2D eigenvalue weighted by atomic mass is 35.5. The van der Waals surface area contributed by atoms with Crippen LogP contribution in [-0.2, 0) is 16.6 Å². The summed E-state index contributed by atoms with van der Waals surface area (Å²) in [4.78, 5) is 24.6. The van der Waals surface area contributed by atoms with Gasteiger partial charge in [0.1, 0.15) is 17.2 Å². The molecule has 2 aromatic heterocycles. The lowest BCUT2D eigenvalue weighted by Crippen LogP contribution is -2.28. The second-order valence-electron chi connectivity index (χ2n) is 9.19. The van der Waals surface area contributed by atoms with E-state index in [1.807, 2.05) is 51.4 Å². The van der Waals surface area contributed by atoms with E-state index in [2.05, 4.69) is 22.1 Å². The quantitative estimate of drug-likeness (QED) is 0.439. The van der Waals surface area contributed by atoms with E-state index in [0.29, 0.717) is 17.1 Å². The first-order valence-corrected chi connectivity index (χ1v) is 11.6. The number of carbonyl (C=O) groups excluding carboxylic acids is 2. The second kappa shape index (κ2) is 10.3. The van der Waals surface area contributed by atoms with Crippen LogP contribution in [0.1, 0.15) is 50.1 Å². The number of ether oxygens (including phenoxy) is 1. The Kier molecular flexibility index (Phi) is 7.65. The molecule has 0 radical (unpaired) electrons. The molecule has 0 saturated heterocycles. The van der Waals surface area contributed by atoms with Gasteiger partial charge >= 0.3 is 6.09 Å². The van der Waals surface area contributed by atoms with Crippen molar-refractivity contribution in [3.8, 4) is 11.3 Å². The molecule has 0 aliphatic heterocycles. The third-order valence-electron chi connectivity index (χ3n) is 5.11. The number of alkyl halides is 1. The molecule has 0 spiro atoms. The Labute approximate surface area is 210 Å². The molecule has 35 heavy (non-hydrogen) atoms. The van der Waals surface area contributed by atoms with Crippen molar-refractivity contribution < 1.29 is 14.3 Å². The van der Waals surface area contributed by atoms with E-state index in [0.717, 1.165) is 27.8 Å². The Morgan fingerprint density at radius 2 is 2.00 bits per heavy atom. The molecule has 1 N–H and O–H groups in total. The molecule has 184 valence electrons. The zero-order valence-electron chi connectivity index (χ0n) is 20.8. The van der Waals surface area contributed by atoms with Crippen LogP contribution in [0.25, 0.3) is 29.0 Å². The number of anilines is 1. The minimum absolute atomic E-state index is 0.108. The van der Waals surface area contributed by atoms with Crippen molar-refractivity contribution in [3.63, 3.8) is 0 Å². The van der Waals surface area contributed by atoms with Crippen LogP contribution >= 0.6 is 11.6 Å². The van der Waals surface area contributed by atoms with Gasteiger partial charge in [-0.1, -0.05) is 12.6 Å². The van der Waals surface area contributed by atoms with Crippen molar-refractivity contribution >= 4 is 47.0 Å². The maximum atomic E-state index is 12.9. The summed E-state index contributed by atoms with van der Waals surface area (Å²) in [5.41, 5.74) is 5.45. The van der Waals surface area contributed by atoms with Crippen molar-refractivity contribution in [1.29, 1.82) is 0 Å². The van der Waals surface area contributed by atoms with E-state index in [1.165, 1.54) is 4.68 Å². The molecule has 2 heterocycles. The van der Waals surface area contributed by atoms with Gasteiger partial charge in [-0.05, 0) is 75.6 Å². The fourth-order valence-corrected chi connectivity index (χ4v) is 3.72. The second-order valence-corrected chi connectivity index (χ2v) is 9.45. The first-order valence-electron chi connectivity index (χ1n) is 11.1. The number of amides is 1. The number of halogens is 1. The lowest BCUT2D eigenvalue weighted by atomic mass is 9.97.